The first-order chi connectivity index (χ1) is 14.3. The highest BCUT2D eigenvalue weighted by atomic mass is 32.1. The van der Waals surface area contributed by atoms with Crippen molar-refractivity contribution in [1.82, 2.24) is 4.98 Å². The Hall–Kier alpha value is -3.03. The summed E-state index contributed by atoms with van der Waals surface area (Å²) in [5, 5.41) is 5.28. The third-order valence-corrected chi connectivity index (χ3v) is 5.89. The smallest absolute Gasteiger partial charge is 0.259 e. The molecular weight excluding hydrogens is 384 g/mol. The summed E-state index contributed by atoms with van der Waals surface area (Å²) < 4.78 is 5.43. The Morgan fingerprint density at radius 1 is 1.10 bits per heavy atom. The molecule has 1 amide bonds. The van der Waals surface area contributed by atoms with Crippen LogP contribution in [0.4, 0.5) is 16.5 Å². The minimum atomic E-state index is -0.176. The van der Waals surface area contributed by atoms with Gasteiger partial charge in [-0.2, -0.15) is 0 Å². The molecule has 0 saturated carbocycles. The first kappa shape index (κ1) is 18.0. The van der Waals surface area contributed by atoms with Crippen molar-refractivity contribution >= 4 is 39.5 Å². The molecule has 1 fully saturated rings. The molecule has 3 aromatic rings. The molecule has 6 nitrogen and oxygen atoms in total. The molecule has 1 aromatic heterocycles. The highest BCUT2D eigenvalue weighted by Crippen LogP contribution is 2.33. The molecule has 0 bridgehead atoms. The first-order valence-corrected chi connectivity index (χ1v) is 10.5. The van der Waals surface area contributed by atoms with Crippen LogP contribution in [-0.2, 0) is 11.2 Å². The molecule has 2 aliphatic rings. The fourth-order valence-corrected chi connectivity index (χ4v) is 4.23. The number of aliphatic imine (C=N–C) groups is 1. The van der Waals surface area contributed by atoms with E-state index in [0.717, 1.165) is 55.3 Å². The van der Waals surface area contributed by atoms with Crippen LogP contribution in [0.15, 0.2) is 59.0 Å². The molecule has 7 heteroatoms. The van der Waals surface area contributed by atoms with Crippen molar-refractivity contribution in [2.24, 2.45) is 4.99 Å². The van der Waals surface area contributed by atoms with E-state index in [1.807, 2.05) is 23.6 Å². The third kappa shape index (κ3) is 3.66. The van der Waals surface area contributed by atoms with Crippen LogP contribution in [-0.4, -0.2) is 42.9 Å². The van der Waals surface area contributed by atoms with Gasteiger partial charge in [-0.15, -0.1) is 11.3 Å². The maximum Gasteiger partial charge on any atom is 0.259 e. The number of nitrogens with one attached hydrogen (secondary N) is 1. The lowest BCUT2D eigenvalue weighted by atomic mass is 10.0. The van der Waals surface area contributed by atoms with Gasteiger partial charge in [-0.3, -0.25) is 15.1 Å². The van der Waals surface area contributed by atoms with E-state index in [1.54, 1.807) is 6.20 Å². The van der Waals surface area contributed by atoms with Crippen LogP contribution in [0.25, 0.3) is 0 Å². The summed E-state index contributed by atoms with van der Waals surface area (Å²) in [6.07, 6.45) is 2.40. The number of carbonyl (C=O) groups excluding carboxylic acids is 1. The van der Waals surface area contributed by atoms with E-state index in [-0.39, 0.29) is 5.91 Å². The second-order valence-corrected chi connectivity index (χ2v) is 7.88. The molecule has 0 spiro atoms. The number of hydrogen-bond donors (Lipinski definition) is 1. The number of rotatable bonds is 4. The van der Waals surface area contributed by atoms with E-state index in [2.05, 4.69) is 39.5 Å². The molecule has 2 aromatic carbocycles. The predicted octanol–water partition coefficient (Wildman–Crippen LogP) is 3.91. The second-order valence-electron chi connectivity index (χ2n) is 6.99. The topological polar surface area (TPSA) is 66.8 Å². The van der Waals surface area contributed by atoms with Gasteiger partial charge in [0.1, 0.15) is 0 Å². The normalized spacial score (nSPS) is 15.7. The number of aromatic nitrogens is 1. The number of carbonyl (C=O) groups is 1. The Morgan fingerprint density at radius 2 is 1.93 bits per heavy atom. The van der Waals surface area contributed by atoms with Crippen LogP contribution < -0.4 is 10.2 Å². The maximum atomic E-state index is 12.7. The molecule has 1 saturated heterocycles. The van der Waals surface area contributed by atoms with Crippen molar-refractivity contribution in [2.75, 3.05) is 36.5 Å². The molecule has 0 radical (unpaired) electrons. The summed E-state index contributed by atoms with van der Waals surface area (Å²) in [5.74, 6) is -0.176. The highest BCUT2D eigenvalue weighted by molar-refractivity contribution is 7.13. The number of anilines is 2. The van der Waals surface area contributed by atoms with Crippen LogP contribution >= 0.6 is 11.3 Å². The fraction of sp³-hybridized carbons (Fsp3) is 0.227. The van der Waals surface area contributed by atoms with E-state index in [0.29, 0.717) is 10.7 Å². The lowest BCUT2D eigenvalue weighted by Crippen LogP contribution is -2.36. The van der Waals surface area contributed by atoms with E-state index < -0.39 is 0 Å². The minimum absolute atomic E-state index is 0.176. The second kappa shape index (κ2) is 7.77. The molecule has 0 aliphatic carbocycles. The van der Waals surface area contributed by atoms with Crippen molar-refractivity contribution in [3.8, 4) is 0 Å². The monoisotopic (exact) mass is 404 g/mol. The van der Waals surface area contributed by atoms with E-state index in [1.165, 1.54) is 17.0 Å². The average Bonchev–Trinajstić information content (AvgIpc) is 3.44. The Bertz CT molecular complexity index is 1050. The number of para-hydroxylation sites is 1. The van der Waals surface area contributed by atoms with Crippen LogP contribution in [0.1, 0.15) is 21.5 Å². The highest BCUT2D eigenvalue weighted by Gasteiger charge is 2.22. The quantitative estimate of drug-likeness (QED) is 0.716. The Balaban J connectivity index is 1.38. The number of ether oxygens (including phenoxy) is 1. The maximum absolute atomic E-state index is 12.7. The number of hydrogen-bond acceptors (Lipinski definition) is 6. The number of fused-ring (bicyclic) bond motifs is 1. The van der Waals surface area contributed by atoms with Crippen molar-refractivity contribution in [2.45, 2.75) is 6.42 Å². The number of amides is 1. The fourth-order valence-electron chi connectivity index (χ4n) is 3.71. The van der Waals surface area contributed by atoms with Gasteiger partial charge in [-0.05, 0) is 29.3 Å². The van der Waals surface area contributed by atoms with Crippen LogP contribution in [0.3, 0.4) is 0 Å². The predicted molar refractivity (Wildman–Crippen MR) is 116 cm³/mol. The molecular formula is C22H20N4O2S. The molecule has 0 atom stereocenters. The Labute approximate surface area is 172 Å². The van der Waals surface area contributed by atoms with Crippen molar-refractivity contribution < 1.29 is 9.53 Å². The van der Waals surface area contributed by atoms with Crippen LogP contribution in [0.5, 0.6) is 0 Å². The molecule has 146 valence electrons. The number of benzene rings is 2. The number of morpholine rings is 1. The summed E-state index contributed by atoms with van der Waals surface area (Å²) in [7, 11) is 0. The molecule has 29 heavy (non-hydrogen) atoms. The van der Waals surface area contributed by atoms with Gasteiger partial charge in [-0.25, -0.2) is 4.98 Å². The van der Waals surface area contributed by atoms with Gasteiger partial charge in [0.2, 0.25) is 0 Å². The molecule has 0 unspecified atom stereocenters. The van der Waals surface area contributed by atoms with Gasteiger partial charge in [0, 0.05) is 36.8 Å². The SMILES string of the molecule is O=C(Nc1nccs1)c1cccc2c1N=C(c1ccc(N3CCOCC3)cc1)C2. The zero-order valence-corrected chi connectivity index (χ0v) is 16.6. The van der Waals surface area contributed by atoms with Gasteiger partial charge in [0.25, 0.3) is 5.91 Å². The summed E-state index contributed by atoms with van der Waals surface area (Å²) in [6, 6.07) is 14.3. The van der Waals surface area contributed by atoms with Gasteiger partial charge in [0.05, 0.1) is 30.2 Å². The number of thiazole rings is 1. The van der Waals surface area contributed by atoms with Gasteiger partial charge >= 0.3 is 0 Å². The summed E-state index contributed by atoms with van der Waals surface area (Å²) in [4.78, 5) is 24.0. The van der Waals surface area contributed by atoms with Crippen LogP contribution in [0.2, 0.25) is 0 Å². The number of nitrogens with zero attached hydrogens (tertiary/aromatic N) is 3. The molecule has 3 heterocycles. The zero-order valence-electron chi connectivity index (χ0n) is 15.8. The van der Waals surface area contributed by atoms with Crippen molar-refractivity contribution in [3.63, 3.8) is 0 Å². The molecule has 5 rings (SSSR count). The van der Waals surface area contributed by atoms with Gasteiger partial charge < -0.3 is 9.64 Å². The van der Waals surface area contributed by atoms with Gasteiger partial charge in [0.15, 0.2) is 5.13 Å². The largest absolute Gasteiger partial charge is 0.378 e. The Morgan fingerprint density at radius 3 is 2.69 bits per heavy atom. The lowest BCUT2D eigenvalue weighted by molar-refractivity contribution is 0.102. The van der Waals surface area contributed by atoms with E-state index >= 15 is 0 Å². The van der Waals surface area contributed by atoms with Crippen molar-refractivity contribution in [1.29, 1.82) is 0 Å². The standard InChI is InChI=1S/C22H20N4O2S/c27-21(25-22-23-8-13-29-22)18-3-1-2-16-14-19(24-20(16)18)15-4-6-17(7-5-15)26-9-11-28-12-10-26/h1-8,13H,9-12,14H2,(H,23,25,27). The van der Waals surface area contributed by atoms with E-state index in [4.69, 9.17) is 9.73 Å². The Kier molecular flexibility index (Phi) is 4.83. The molecule has 2 aliphatic heterocycles. The summed E-state index contributed by atoms with van der Waals surface area (Å²) >= 11 is 1.40. The molecule has 1 N–H and O–H groups in total. The zero-order chi connectivity index (χ0) is 19.6. The minimum Gasteiger partial charge on any atom is -0.378 e. The lowest BCUT2D eigenvalue weighted by Gasteiger charge is -2.28. The van der Waals surface area contributed by atoms with E-state index in [9.17, 15) is 4.79 Å². The van der Waals surface area contributed by atoms with Crippen LogP contribution in [0, 0.1) is 0 Å². The summed E-state index contributed by atoms with van der Waals surface area (Å²) in [6.45, 7) is 3.39. The van der Waals surface area contributed by atoms with Gasteiger partial charge in [-0.1, -0.05) is 24.3 Å². The van der Waals surface area contributed by atoms with Crippen molar-refractivity contribution in [3.05, 3.63) is 70.7 Å². The average molecular weight is 404 g/mol. The third-order valence-electron chi connectivity index (χ3n) is 5.20. The first-order valence-electron chi connectivity index (χ1n) is 9.61. The summed E-state index contributed by atoms with van der Waals surface area (Å²) in [5.41, 5.74) is 5.69.